The fraction of sp³-hybridized carbons (Fsp3) is 0.778. The molecule has 72 valence electrons. The number of rotatable bonds is 8. The Balaban J connectivity index is 3.02. The van der Waals surface area contributed by atoms with Crippen molar-refractivity contribution in [2.24, 2.45) is 0 Å². The standard InChI is InChI=1S/C9H19NO2/c1-3-4-9(2)12-8-6-10-5-7-11/h3,9-11H,1,4-8H2,2H3/t9-/m1/s1. The van der Waals surface area contributed by atoms with Crippen LogP contribution in [0.2, 0.25) is 0 Å². The first kappa shape index (κ1) is 11.6. The zero-order valence-corrected chi connectivity index (χ0v) is 7.75. The maximum atomic E-state index is 8.44. The van der Waals surface area contributed by atoms with E-state index in [1.807, 2.05) is 13.0 Å². The zero-order chi connectivity index (χ0) is 9.23. The number of aliphatic hydroxyl groups is 1. The molecule has 0 fully saturated rings. The van der Waals surface area contributed by atoms with Crippen molar-refractivity contribution in [1.29, 1.82) is 0 Å². The van der Waals surface area contributed by atoms with Crippen LogP contribution in [0.3, 0.4) is 0 Å². The van der Waals surface area contributed by atoms with Crippen molar-refractivity contribution in [2.75, 3.05) is 26.3 Å². The Morgan fingerprint density at radius 1 is 1.58 bits per heavy atom. The van der Waals surface area contributed by atoms with Gasteiger partial charge < -0.3 is 15.2 Å². The van der Waals surface area contributed by atoms with Crippen LogP contribution >= 0.6 is 0 Å². The van der Waals surface area contributed by atoms with E-state index in [4.69, 9.17) is 9.84 Å². The Bertz CT molecular complexity index is 107. The molecule has 0 aromatic carbocycles. The van der Waals surface area contributed by atoms with Crippen LogP contribution in [0, 0.1) is 0 Å². The van der Waals surface area contributed by atoms with E-state index in [2.05, 4.69) is 11.9 Å². The summed E-state index contributed by atoms with van der Waals surface area (Å²) in [6, 6.07) is 0. The third-order valence-corrected chi connectivity index (χ3v) is 1.47. The fourth-order valence-corrected chi connectivity index (χ4v) is 0.839. The van der Waals surface area contributed by atoms with Gasteiger partial charge in [0, 0.05) is 13.1 Å². The number of aliphatic hydroxyl groups excluding tert-OH is 1. The highest BCUT2D eigenvalue weighted by Gasteiger charge is 1.97. The van der Waals surface area contributed by atoms with E-state index in [1.165, 1.54) is 0 Å². The van der Waals surface area contributed by atoms with Gasteiger partial charge in [-0.05, 0) is 13.3 Å². The quantitative estimate of drug-likeness (QED) is 0.416. The van der Waals surface area contributed by atoms with Crippen molar-refractivity contribution in [3.05, 3.63) is 12.7 Å². The van der Waals surface area contributed by atoms with E-state index >= 15 is 0 Å². The van der Waals surface area contributed by atoms with E-state index < -0.39 is 0 Å². The normalized spacial score (nSPS) is 12.8. The highest BCUT2D eigenvalue weighted by atomic mass is 16.5. The summed E-state index contributed by atoms with van der Waals surface area (Å²) in [5.41, 5.74) is 0. The molecular weight excluding hydrogens is 154 g/mol. The van der Waals surface area contributed by atoms with E-state index in [-0.39, 0.29) is 12.7 Å². The van der Waals surface area contributed by atoms with Crippen LogP contribution in [0.1, 0.15) is 13.3 Å². The molecule has 0 spiro atoms. The van der Waals surface area contributed by atoms with Gasteiger partial charge in [-0.3, -0.25) is 0 Å². The van der Waals surface area contributed by atoms with Crippen LogP contribution < -0.4 is 5.32 Å². The molecule has 0 saturated heterocycles. The Morgan fingerprint density at radius 3 is 2.92 bits per heavy atom. The summed E-state index contributed by atoms with van der Waals surface area (Å²) < 4.78 is 5.41. The molecule has 1 atom stereocenters. The first-order valence-electron chi connectivity index (χ1n) is 4.35. The van der Waals surface area contributed by atoms with Crippen LogP contribution in [0.5, 0.6) is 0 Å². The van der Waals surface area contributed by atoms with E-state index in [0.717, 1.165) is 13.0 Å². The molecule has 0 saturated carbocycles. The van der Waals surface area contributed by atoms with Crippen LogP contribution in [0.4, 0.5) is 0 Å². The molecule has 0 amide bonds. The first-order valence-corrected chi connectivity index (χ1v) is 4.35. The monoisotopic (exact) mass is 173 g/mol. The minimum absolute atomic E-state index is 0.183. The molecule has 0 aromatic rings. The van der Waals surface area contributed by atoms with Crippen molar-refractivity contribution in [2.45, 2.75) is 19.4 Å². The molecule has 12 heavy (non-hydrogen) atoms. The molecule has 0 heterocycles. The second kappa shape index (κ2) is 8.71. The Hall–Kier alpha value is -0.380. The Morgan fingerprint density at radius 2 is 2.33 bits per heavy atom. The zero-order valence-electron chi connectivity index (χ0n) is 7.75. The smallest absolute Gasteiger partial charge is 0.0594 e. The van der Waals surface area contributed by atoms with Gasteiger partial charge in [-0.15, -0.1) is 6.58 Å². The van der Waals surface area contributed by atoms with Crippen molar-refractivity contribution in [3.63, 3.8) is 0 Å². The minimum Gasteiger partial charge on any atom is -0.395 e. The van der Waals surface area contributed by atoms with Gasteiger partial charge in [-0.1, -0.05) is 6.08 Å². The molecule has 0 aliphatic heterocycles. The molecule has 3 heteroatoms. The molecule has 0 aliphatic carbocycles. The van der Waals surface area contributed by atoms with Crippen molar-refractivity contribution < 1.29 is 9.84 Å². The summed E-state index contributed by atoms with van der Waals surface area (Å²) in [6.45, 7) is 7.96. The van der Waals surface area contributed by atoms with E-state index in [9.17, 15) is 0 Å². The number of hydrogen-bond acceptors (Lipinski definition) is 3. The number of hydrogen-bond donors (Lipinski definition) is 2. The summed E-state index contributed by atoms with van der Waals surface area (Å²) in [6.07, 6.45) is 2.99. The highest BCUT2D eigenvalue weighted by Crippen LogP contribution is 1.95. The average Bonchev–Trinajstić information content (AvgIpc) is 2.05. The fourth-order valence-electron chi connectivity index (χ4n) is 0.839. The molecule has 3 nitrogen and oxygen atoms in total. The van der Waals surface area contributed by atoms with E-state index in [1.54, 1.807) is 0 Å². The predicted octanol–water partition coefficient (Wildman–Crippen LogP) is 0.549. The predicted molar refractivity (Wildman–Crippen MR) is 50.2 cm³/mol. The summed E-state index contributed by atoms with van der Waals surface area (Å²) in [5, 5.41) is 11.5. The molecule has 0 unspecified atom stereocenters. The van der Waals surface area contributed by atoms with Crippen LogP contribution in [0.25, 0.3) is 0 Å². The van der Waals surface area contributed by atoms with Crippen molar-refractivity contribution >= 4 is 0 Å². The van der Waals surface area contributed by atoms with Crippen LogP contribution in [-0.4, -0.2) is 37.5 Å². The van der Waals surface area contributed by atoms with E-state index in [0.29, 0.717) is 13.2 Å². The first-order chi connectivity index (χ1) is 5.81. The number of ether oxygens (including phenoxy) is 1. The topological polar surface area (TPSA) is 41.5 Å². The maximum absolute atomic E-state index is 8.44. The van der Waals surface area contributed by atoms with Crippen molar-refractivity contribution in [3.8, 4) is 0 Å². The van der Waals surface area contributed by atoms with Gasteiger partial charge in [0.05, 0.1) is 19.3 Å². The van der Waals surface area contributed by atoms with Gasteiger partial charge in [0.2, 0.25) is 0 Å². The SMILES string of the molecule is C=CC[C@@H](C)OCCNCCO. The molecule has 0 rings (SSSR count). The van der Waals surface area contributed by atoms with Crippen LogP contribution in [-0.2, 0) is 4.74 Å². The summed E-state index contributed by atoms with van der Waals surface area (Å²) in [4.78, 5) is 0. The second-order valence-corrected chi connectivity index (χ2v) is 2.68. The minimum atomic E-state index is 0.183. The van der Waals surface area contributed by atoms with Gasteiger partial charge in [0.1, 0.15) is 0 Å². The molecule has 0 aromatic heterocycles. The summed E-state index contributed by atoms with van der Waals surface area (Å²) >= 11 is 0. The Kier molecular flexibility index (Phi) is 8.44. The lowest BCUT2D eigenvalue weighted by atomic mass is 10.3. The highest BCUT2D eigenvalue weighted by molar-refractivity contribution is 4.70. The molecular formula is C9H19NO2. The molecule has 0 aliphatic rings. The number of nitrogens with one attached hydrogen (secondary N) is 1. The second-order valence-electron chi connectivity index (χ2n) is 2.68. The summed E-state index contributed by atoms with van der Waals surface area (Å²) in [7, 11) is 0. The molecule has 2 N–H and O–H groups in total. The average molecular weight is 173 g/mol. The van der Waals surface area contributed by atoms with Crippen LogP contribution in [0.15, 0.2) is 12.7 Å². The molecule has 0 radical (unpaired) electrons. The van der Waals surface area contributed by atoms with Crippen molar-refractivity contribution in [1.82, 2.24) is 5.32 Å². The third-order valence-electron chi connectivity index (χ3n) is 1.47. The van der Waals surface area contributed by atoms with Gasteiger partial charge in [-0.2, -0.15) is 0 Å². The van der Waals surface area contributed by atoms with Gasteiger partial charge >= 0.3 is 0 Å². The third kappa shape index (κ3) is 7.72. The maximum Gasteiger partial charge on any atom is 0.0594 e. The molecule has 0 bridgehead atoms. The van der Waals surface area contributed by atoms with Gasteiger partial charge in [-0.25, -0.2) is 0 Å². The lowest BCUT2D eigenvalue weighted by Gasteiger charge is -2.10. The van der Waals surface area contributed by atoms with Gasteiger partial charge in [0.25, 0.3) is 0 Å². The van der Waals surface area contributed by atoms with Gasteiger partial charge in [0.15, 0.2) is 0 Å². The Labute approximate surface area is 74.4 Å². The largest absolute Gasteiger partial charge is 0.395 e. The lowest BCUT2D eigenvalue weighted by Crippen LogP contribution is -2.24. The lowest BCUT2D eigenvalue weighted by molar-refractivity contribution is 0.0697. The summed E-state index contributed by atoms with van der Waals surface area (Å²) in [5.74, 6) is 0.